The van der Waals surface area contributed by atoms with Gasteiger partial charge in [-0.2, -0.15) is 0 Å². The Morgan fingerprint density at radius 1 is 0.938 bits per heavy atom. The van der Waals surface area contributed by atoms with Gasteiger partial charge in [0.15, 0.2) is 11.6 Å². The third-order valence-corrected chi connectivity index (χ3v) is 6.11. The second kappa shape index (κ2) is 7.65. The topological polar surface area (TPSA) is 201 Å². The Bertz CT molecular complexity index is 1330. The molecule has 1 aliphatic rings. The molecule has 0 amide bonds. The summed E-state index contributed by atoms with van der Waals surface area (Å²) in [6, 6.07) is 3.18. The molecule has 0 saturated heterocycles. The van der Waals surface area contributed by atoms with Crippen molar-refractivity contribution in [3.8, 4) is 11.6 Å². The van der Waals surface area contributed by atoms with Gasteiger partial charge >= 0.3 is 0 Å². The van der Waals surface area contributed by atoms with Crippen LogP contribution in [0.15, 0.2) is 40.6 Å². The first-order chi connectivity index (χ1) is 15.3. The lowest BCUT2D eigenvalue weighted by Gasteiger charge is -2.25. The van der Waals surface area contributed by atoms with E-state index in [2.05, 4.69) is 29.9 Å². The van der Waals surface area contributed by atoms with Crippen molar-refractivity contribution in [1.29, 1.82) is 0 Å². The largest absolute Gasteiger partial charge is 0.387 e. The lowest BCUT2D eigenvalue weighted by molar-refractivity contribution is -0.141. The number of aliphatic hydroxyl groups is 4. The molecule has 5 rings (SSSR count). The van der Waals surface area contributed by atoms with E-state index in [1.807, 2.05) is 0 Å². The van der Waals surface area contributed by atoms with Crippen molar-refractivity contribution in [2.75, 3.05) is 0 Å². The Morgan fingerprint density at radius 2 is 1.72 bits per heavy atom. The summed E-state index contributed by atoms with van der Waals surface area (Å²) in [5.41, 5.74) is 0.312. The Balaban J connectivity index is 1.62. The van der Waals surface area contributed by atoms with E-state index in [0.717, 1.165) is 11.8 Å². The van der Waals surface area contributed by atoms with Crippen LogP contribution < -0.4 is 0 Å². The molecule has 4 unspecified atom stereocenters. The van der Waals surface area contributed by atoms with Gasteiger partial charge in [-0.3, -0.25) is 9.59 Å². The van der Waals surface area contributed by atoms with Crippen molar-refractivity contribution < 1.29 is 30.0 Å². The van der Waals surface area contributed by atoms with E-state index in [0.29, 0.717) is 27.1 Å². The lowest BCUT2D eigenvalue weighted by atomic mass is 9.94. The lowest BCUT2D eigenvalue weighted by Crippen LogP contribution is -2.47. The number of rotatable bonds is 3. The fraction of sp³-hybridized carbons (Fsp3) is 0.211. The molecule has 7 N–H and O–H groups in total. The summed E-state index contributed by atoms with van der Waals surface area (Å²) in [5.74, 6) is -1.55. The fourth-order valence-electron chi connectivity index (χ4n) is 3.46. The summed E-state index contributed by atoms with van der Waals surface area (Å²) in [4.78, 5) is 47.3. The molecule has 0 fully saturated rings. The van der Waals surface area contributed by atoms with Crippen molar-refractivity contribution >= 4 is 34.4 Å². The van der Waals surface area contributed by atoms with E-state index in [9.17, 15) is 30.0 Å². The van der Waals surface area contributed by atoms with Crippen molar-refractivity contribution in [1.82, 2.24) is 29.9 Å². The van der Waals surface area contributed by atoms with Gasteiger partial charge in [-0.25, -0.2) is 15.0 Å². The van der Waals surface area contributed by atoms with Crippen molar-refractivity contribution in [3.63, 3.8) is 0 Å². The number of carbonyl (C=O) groups is 2. The van der Waals surface area contributed by atoms with Crippen molar-refractivity contribution in [2.24, 2.45) is 0 Å². The van der Waals surface area contributed by atoms with E-state index in [4.69, 9.17) is 0 Å². The fourth-order valence-corrected chi connectivity index (χ4v) is 4.38. The molecule has 164 valence electrons. The number of ketones is 2. The summed E-state index contributed by atoms with van der Waals surface area (Å²) < 4.78 is 0. The van der Waals surface area contributed by atoms with E-state index in [1.165, 1.54) is 6.20 Å². The number of benzene rings is 1. The number of Topliss-reactive ketones (excluding diaryl/α,β-unsaturated/α-hetero) is 2. The molecule has 13 heteroatoms. The van der Waals surface area contributed by atoms with Gasteiger partial charge in [0.25, 0.3) is 0 Å². The number of H-pyrrole nitrogens is 3. The number of nitrogens with one attached hydrogen (secondary N) is 3. The van der Waals surface area contributed by atoms with Gasteiger partial charge in [0.05, 0.1) is 22.3 Å². The maximum Gasteiger partial charge on any atom is 0.234 e. The average Bonchev–Trinajstić information content (AvgIpc) is 3.55. The van der Waals surface area contributed by atoms with Crippen LogP contribution in [0.5, 0.6) is 0 Å². The molecule has 0 radical (unpaired) electrons. The van der Waals surface area contributed by atoms with Gasteiger partial charge in [-0.15, -0.1) is 0 Å². The number of hydrogen-bond acceptors (Lipinski definition) is 10. The predicted molar refractivity (Wildman–Crippen MR) is 109 cm³/mol. The summed E-state index contributed by atoms with van der Waals surface area (Å²) in [6.45, 7) is 0. The second-order valence-electron chi connectivity index (χ2n) is 7.16. The molecule has 0 spiro atoms. The Morgan fingerprint density at radius 3 is 2.47 bits per heavy atom. The maximum atomic E-state index is 13.1. The first-order valence-electron chi connectivity index (χ1n) is 9.41. The normalized spacial score (nSPS) is 23.9. The number of hydrogen-bond donors (Lipinski definition) is 7. The Labute approximate surface area is 182 Å². The molecular formula is C19H16N6O6S. The van der Waals surface area contributed by atoms with Crippen LogP contribution in [0.1, 0.15) is 22.3 Å². The maximum absolute atomic E-state index is 13.1. The highest BCUT2D eigenvalue weighted by Crippen LogP contribution is 2.36. The van der Waals surface area contributed by atoms with Crippen LogP contribution in [-0.4, -0.2) is 80.2 Å². The van der Waals surface area contributed by atoms with E-state index < -0.39 is 36.0 Å². The molecule has 4 heterocycles. The molecule has 3 aromatic heterocycles. The molecule has 0 saturated carbocycles. The zero-order valence-corrected chi connectivity index (χ0v) is 16.9. The van der Waals surface area contributed by atoms with E-state index in [-0.39, 0.29) is 16.9 Å². The van der Waals surface area contributed by atoms with E-state index in [1.54, 1.807) is 24.5 Å². The Hall–Kier alpha value is -3.36. The minimum atomic E-state index is -2.23. The van der Waals surface area contributed by atoms with Crippen LogP contribution in [0.25, 0.3) is 22.7 Å². The third kappa shape index (κ3) is 3.23. The van der Waals surface area contributed by atoms with Gasteiger partial charge < -0.3 is 35.4 Å². The molecular weight excluding hydrogens is 440 g/mol. The summed E-state index contributed by atoms with van der Waals surface area (Å²) >= 11 is 1.10. The summed E-state index contributed by atoms with van der Waals surface area (Å²) in [7, 11) is 0. The number of fused-ring (bicyclic) bond motifs is 1. The smallest absolute Gasteiger partial charge is 0.234 e. The first kappa shape index (κ1) is 20.5. The minimum Gasteiger partial charge on any atom is -0.387 e. The molecule has 1 aliphatic heterocycles. The van der Waals surface area contributed by atoms with Gasteiger partial charge in [0.2, 0.25) is 11.6 Å². The highest BCUT2D eigenvalue weighted by Gasteiger charge is 2.41. The molecule has 1 aromatic carbocycles. The van der Waals surface area contributed by atoms with Crippen LogP contribution in [-0.2, 0) is 4.79 Å². The molecule has 4 atom stereocenters. The van der Waals surface area contributed by atoms with Gasteiger partial charge in [0, 0.05) is 17.3 Å². The van der Waals surface area contributed by atoms with Gasteiger partial charge in [0.1, 0.15) is 35.8 Å². The number of aromatic amines is 3. The number of carbonyl (C=O) groups excluding carboxylic acids is 2. The zero-order valence-electron chi connectivity index (χ0n) is 16.1. The number of imidazole rings is 3. The predicted octanol–water partition coefficient (Wildman–Crippen LogP) is -0.291. The zero-order chi connectivity index (χ0) is 22.6. The summed E-state index contributed by atoms with van der Waals surface area (Å²) in [5, 5.41) is 41.2. The van der Waals surface area contributed by atoms with Crippen LogP contribution in [0, 0.1) is 0 Å². The van der Waals surface area contributed by atoms with Crippen LogP contribution >= 0.6 is 11.8 Å². The van der Waals surface area contributed by atoms with Gasteiger partial charge in [-0.05, 0) is 12.1 Å². The Kier molecular flexibility index (Phi) is 4.91. The van der Waals surface area contributed by atoms with Crippen LogP contribution in [0.4, 0.5) is 0 Å². The minimum absolute atomic E-state index is 0.0870. The third-order valence-electron chi connectivity index (χ3n) is 5.13. The standard InChI is InChI=1S/C19H16N6O6S/c26-11-9-7(32-8-5-22-19(24-8)18-20-3-4-21-18)2-1-6-10(9)25-17(23-6)16(31)15(30)14(29)13(28)12(11)27/h1-5,13-16,28-31H,(H,20,21)(H,22,24)(H,23,25). The number of nitrogens with zero attached hydrogens (tertiary/aromatic N) is 3. The van der Waals surface area contributed by atoms with Crippen molar-refractivity contribution in [3.05, 3.63) is 42.1 Å². The molecule has 4 aromatic rings. The first-order valence-corrected chi connectivity index (χ1v) is 10.2. The van der Waals surface area contributed by atoms with E-state index >= 15 is 0 Å². The molecule has 12 nitrogen and oxygen atoms in total. The SMILES string of the molecule is O=C1C(=O)C(O)C(O)C(O)C(O)c2nc3c1c(Sc1cnc(-c4ncc[nH]4)[nH]1)ccc3[nH]2. The molecule has 32 heavy (non-hydrogen) atoms. The summed E-state index contributed by atoms with van der Waals surface area (Å²) in [6.07, 6.45) is -3.23. The highest BCUT2D eigenvalue weighted by molar-refractivity contribution is 7.99. The average molecular weight is 456 g/mol. The van der Waals surface area contributed by atoms with Crippen molar-refractivity contribution in [2.45, 2.75) is 34.3 Å². The van der Waals surface area contributed by atoms with Gasteiger partial charge in [-0.1, -0.05) is 11.8 Å². The number of aromatic nitrogens is 6. The molecule has 2 bridgehead atoms. The quantitative estimate of drug-likeness (QED) is 0.201. The monoisotopic (exact) mass is 456 g/mol. The number of aliphatic hydroxyl groups excluding tert-OH is 4. The second-order valence-corrected chi connectivity index (χ2v) is 8.24. The molecule has 0 aliphatic carbocycles. The highest BCUT2D eigenvalue weighted by atomic mass is 32.2. The van der Waals surface area contributed by atoms with Crippen LogP contribution in [0.2, 0.25) is 0 Å². The van der Waals surface area contributed by atoms with Crippen LogP contribution in [0.3, 0.4) is 0 Å².